The highest BCUT2D eigenvalue weighted by atomic mass is 19.1. The molecule has 1 aliphatic rings. The van der Waals surface area contributed by atoms with E-state index in [0.29, 0.717) is 13.2 Å². The predicted octanol–water partition coefficient (Wildman–Crippen LogP) is 3.72. The molecule has 2 N–H and O–H groups in total. The molecule has 0 aliphatic carbocycles. The number of hydrogen-bond donors (Lipinski definition) is 2. The average Bonchev–Trinajstić information content (AvgIpc) is 2.63. The molecule has 5 nitrogen and oxygen atoms in total. The van der Waals surface area contributed by atoms with Gasteiger partial charge in [-0.3, -0.25) is 0 Å². The van der Waals surface area contributed by atoms with Crippen LogP contribution in [0.3, 0.4) is 0 Å². The lowest BCUT2D eigenvalue weighted by Crippen LogP contribution is -2.43. The van der Waals surface area contributed by atoms with Crippen LogP contribution in [-0.2, 0) is 10.3 Å². The van der Waals surface area contributed by atoms with E-state index in [1.807, 2.05) is 38.1 Å². The summed E-state index contributed by atoms with van der Waals surface area (Å²) in [5.41, 5.74) is 1.92. The van der Waals surface area contributed by atoms with E-state index >= 15 is 0 Å². The molecule has 2 aromatic rings. The van der Waals surface area contributed by atoms with E-state index in [9.17, 15) is 9.18 Å². The Bertz CT molecular complexity index is 756. The third-order valence-electron chi connectivity index (χ3n) is 4.50. The number of halogens is 1. The molecular weight excluding hydrogens is 333 g/mol. The minimum atomic E-state index is -0.633. The molecule has 1 aliphatic heterocycles. The first-order valence-electron chi connectivity index (χ1n) is 8.73. The molecule has 2 aromatic carbocycles. The SMILES string of the molecule is CC(C)(NC(=O)Nc1ccccc1N1CCOCC1)c1ccc(F)cc1. The highest BCUT2D eigenvalue weighted by Crippen LogP contribution is 2.27. The first-order chi connectivity index (χ1) is 12.5. The number of rotatable bonds is 4. The highest BCUT2D eigenvalue weighted by molar-refractivity contribution is 5.93. The summed E-state index contributed by atoms with van der Waals surface area (Å²) in [6.07, 6.45) is 0. The van der Waals surface area contributed by atoms with E-state index in [1.165, 1.54) is 12.1 Å². The van der Waals surface area contributed by atoms with Gasteiger partial charge in [-0.1, -0.05) is 24.3 Å². The average molecular weight is 357 g/mol. The zero-order valence-corrected chi connectivity index (χ0v) is 15.1. The van der Waals surface area contributed by atoms with Gasteiger partial charge >= 0.3 is 6.03 Å². The van der Waals surface area contributed by atoms with Crippen molar-refractivity contribution in [2.45, 2.75) is 19.4 Å². The van der Waals surface area contributed by atoms with E-state index in [2.05, 4.69) is 15.5 Å². The molecule has 6 heteroatoms. The molecule has 0 aromatic heterocycles. The summed E-state index contributed by atoms with van der Waals surface area (Å²) < 4.78 is 18.5. The second-order valence-corrected chi connectivity index (χ2v) is 6.83. The largest absolute Gasteiger partial charge is 0.378 e. The zero-order chi connectivity index (χ0) is 18.6. The maximum absolute atomic E-state index is 13.1. The number of nitrogens with zero attached hydrogens (tertiary/aromatic N) is 1. The van der Waals surface area contributed by atoms with Gasteiger partial charge in [-0.25, -0.2) is 9.18 Å². The molecule has 0 radical (unpaired) electrons. The zero-order valence-electron chi connectivity index (χ0n) is 15.1. The second kappa shape index (κ2) is 7.74. The van der Waals surface area contributed by atoms with Crippen molar-refractivity contribution in [3.63, 3.8) is 0 Å². The van der Waals surface area contributed by atoms with Gasteiger partial charge in [0.15, 0.2) is 0 Å². The van der Waals surface area contributed by atoms with Crippen LogP contribution in [0.5, 0.6) is 0 Å². The molecule has 0 spiro atoms. The van der Waals surface area contributed by atoms with E-state index in [0.717, 1.165) is 30.0 Å². The van der Waals surface area contributed by atoms with Crippen molar-refractivity contribution in [2.24, 2.45) is 0 Å². The van der Waals surface area contributed by atoms with Gasteiger partial charge in [0, 0.05) is 13.1 Å². The lowest BCUT2D eigenvalue weighted by molar-refractivity contribution is 0.123. The molecule has 1 heterocycles. The molecule has 1 fully saturated rings. The number of benzene rings is 2. The number of carbonyl (C=O) groups is 1. The van der Waals surface area contributed by atoms with Gasteiger partial charge < -0.3 is 20.3 Å². The summed E-state index contributed by atoms with van der Waals surface area (Å²) >= 11 is 0. The van der Waals surface area contributed by atoms with Crippen molar-refractivity contribution in [3.8, 4) is 0 Å². The molecule has 2 amide bonds. The Hall–Kier alpha value is -2.60. The number of amides is 2. The fourth-order valence-corrected chi connectivity index (χ4v) is 3.04. The highest BCUT2D eigenvalue weighted by Gasteiger charge is 2.24. The van der Waals surface area contributed by atoms with Crippen molar-refractivity contribution >= 4 is 17.4 Å². The van der Waals surface area contributed by atoms with Crippen LogP contribution in [0.4, 0.5) is 20.6 Å². The van der Waals surface area contributed by atoms with Gasteiger partial charge in [0.05, 0.1) is 30.1 Å². The second-order valence-electron chi connectivity index (χ2n) is 6.83. The van der Waals surface area contributed by atoms with Gasteiger partial charge in [-0.2, -0.15) is 0 Å². The molecule has 1 saturated heterocycles. The van der Waals surface area contributed by atoms with Crippen molar-refractivity contribution < 1.29 is 13.9 Å². The van der Waals surface area contributed by atoms with E-state index < -0.39 is 5.54 Å². The standard InChI is InChI=1S/C20H24FN3O2/c1-20(2,15-7-9-16(21)10-8-15)23-19(25)22-17-5-3-4-6-18(17)24-11-13-26-14-12-24/h3-10H,11-14H2,1-2H3,(H2,22,23,25). The van der Waals surface area contributed by atoms with Crippen LogP contribution in [0.1, 0.15) is 19.4 Å². The molecule has 26 heavy (non-hydrogen) atoms. The number of nitrogens with one attached hydrogen (secondary N) is 2. The lowest BCUT2D eigenvalue weighted by atomic mass is 9.94. The van der Waals surface area contributed by atoms with Crippen LogP contribution in [-0.4, -0.2) is 32.3 Å². The third kappa shape index (κ3) is 4.32. The Morgan fingerprint density at radius 3 is 2.42 bits per heavy atom. The van der Waals surface area contributed by atoms with Crippen molar-refractivity contribution in [1.82, 2.24) is 5.32 Å². The van der Waals surface area contributed by atoms with Crippen LogP contribution in [0, 0.1) is 5.82 Å². The normalized spacial score (nSPS) is 14.8. The van der Waals surface area contributed by atoms with Crippen LogP contribution in [0.15, 0.2) is 48.5 Å². The summed E-state index contributed by atoms with van der Waals surface area (Å²) in [5, 5.41) is 5.89. The third-order valence-corrected chi connectivity index (χ3v) is 4.50. The van der Waals surface area contributed by atoms with Gasteiger partial charge in [0.1, 0.15) is 5.82 Å². The molecule has 3 rings (SSSR count). The van der Waals surface area contributed by atoms with E-state index in [1.54, 1.807) is 12.1 Å². The van der Waals surface area contributed by atoms with Crippen LogP contribution >= 0.6 is 0 Å². The Morgan fingerprint density at radius 1 is 1.08 bits per heavy atom. The number of urea groups is 1. The van der Waals surface area contributed by atoms with Crippen molar-refractivity contribution in [1.29, 1.82) is 0 Å². The Kier molecular flexibility index (Phi) is 5.42. The monoisotopic (exact) mass is 357 g/mol. The molecular formula is C20H24FN3O2. The van der Waals surface area contributed by atoms with Gasteiger partial charge in [0.2, 0.25) is 0 Å². The first kappa shape index (κ1) is 18.2. The molecule has 0 saturated carbocycles. The smallest absolute Gasteiger partial charge is 0.319 e. The number of hydrogen-bond acceptors (Lipinski definition) is 3. The maximum atomic E-state index is 13.1. The Labute approximate surface area is 153 Å². The van der Waals surface area contributed by atoms with Crippen molar-refractivity contribution in [2.75, 3.05) is 36.5 Å². The van der Waals surface area contributed by atoms with Gasteiger partial charge in [0.25, 0.3) is 0 Å². The predicted molar refractivity (Wildman–Crippen MR) is 101 cm³/mol. The summed E-state index contributed by atoms with van der Waals surface area (Å²) in [6.45, 7) is 6.71. The van der Waals surface area contributed by atoms with Crippen LogP contribution in [0.25, 0.3) is 0 Å². The number of ether oxygens (including phenoxy) is 1. The van der Waals surface area contributed by atoms with Gasteiger partial charge in [-0.05, 0) is 43.7 Å². The Morgan fingerprint density at radius 2 is 1.73 bits per heavy atom. The number of carbonyl (C=O) groups excluding carboxylic acids is 1. The summed E-state index contributed by atoms with van der Waals surface area (Å²) in [4.78, 5) is 14.8. The summed E-state index contributed by atoms with van der Waals surface area (Å²) in [6, 6.07) is 13.6. The quantitative estimate of drug-likeness (QED) is 0.877. The van der Waals surface area contributed by atoms with Crippen LogP contribution < -0.4 is 15.5 Å². The number of anilines is 2. The molecule has 0 bridgehead atoms. The van der Waals surface area contributed by atoms with Gasteiger partial charge in [-0.15, -0.1) is 0 Å². The lowest BCUT2D eigenvalue weighted by Gasteiger charge is -2.31. The fourth-order valence-electron chi connectivity index (χ4n) is 3.04. The van der Waals surface area contributed by atoms with E-state index in [4.69, 9.17) is 4.74 Å². The molecule has 0 atom stereocenters. The molecule has 0 unspecified atom stereocenters. The van der Waals surface area contributed by atoms with Crippen molar-refractivity contribution in [3.05, 3.63) is 59.9 Å². The minimum Gasteiger partial charge on any atom is -0.378 e. The topological polar surface area (TPSA) is 53.6 Å². The summed E-state index contributed by atoms with van der Waals surface area (Å²) in [7, 11) is 0. The fraction of sp³-hybridized carbons (Fsp3) is 0.350. The Balaban J connectivity index is 1.71. The first-order valence-corrected chi connectivity index (χ1v) is 8.73. The maximum Gasteiger partial charge on any atom is 0.319 e. The summed E-state index contributed by atoms with van der Waals surface area (Å²) in [5.74, 6) is -0.298. The number of para-hydroxylation sites is 2. The molecule has 138 valence electrons. The van der Waals surface area contributed by atoms with E-state index in [-0.39, 0.29) is 11.8 Å². The minimum absolute atomic E-state index is 0.298. The number of morpholine rings is 1. The van der Waals surface area contributed by atoms with Crippen LogP contribution in [0.2, 0.25) is 0 Å².